The van der Waals surface area contributed by atoms with Gasteiger partial charge in [-0.25, -0.2) is 0 Å². The van der Waals surface area contributed by atoms with Gasteiger partial charge in [-0.2, -0.15) is 0 Å². The highest BCUT2D eigenvalue weighted by Crippen LogP contribution is 2.30. The van der Waals surface area contributed by atoms with Crippen LogP contribution in [0.1, 0.15) is 37.5 Å². The highest BCUT2D eigenvalue weighted by Gasteiger charge is 2.20. The molecule has 10 heteroatoms. The van der Waals surface area contributed by atoms with E-state index in [9.17, 15) is 19.7 Å². The fraction of sp³-hybridized carbons (Fsp3) is 0.185. The second kappa shape index (κ2) is 11.1. The number of nitrogens with one attached hydrogen (secondary N) is 1. The van der Waals surface area contributed by atoms with Gasteiger partial charge in [-0.1, -0.05) is 23.7 Å². The molecule has 0 fully saturated rings. The number of fused-ring (bicyclic) bond motifs is 1. The van der Waals surface area contributed by atoms with Crippen LogP contribution in [0.25, 0.3) is 10.9 Å². The van der Waals surface area contributed by atoms with E-state index < -0.39 is 5.09 Å². The van der Waals surface area contributed by atoms with Crippen molar-refractivity contribution < 1.29 is 24.3 Å². The minimum Gasteiger partial charge on any atom is -0.497 e. The molecule has 0 aliphatic rings. The molecule has 0 saturated carbocycles. The molecule has 0 unspecified atom stereocenters. The van der Waals surface area contributed by atoms with Crippen molar-refractivity contribution in [1.29, 1.82) is 0 Å². The van der Waals surface area contributed by atoms with Crippen LogP contribution >= 0.6 is 11.6 Å². The Bertz CT molecular complexity index is 1460. The highest BCUT2D eigenvalue weighted by atomic mass is 35.5. The number of ether oxygens (including phenoxy) is 1. The maximum Gasteiger partial charge on any atom is 0.294 e. The van der Waals surface area contributed by atoms with Crippen LogP contribution in [0.5, 0.6) is 5.75 Å². The van der Waals surface area contributed by atoms with Crippen LogP contribution in [0.3, 0.4) is 0 Å². The van der Waals surface area contributed by atoms with Gasteiger partial charge in [-0.05, 0) is 79.1 Å². The van der Waals surface area contributed by atoms with Crippen LogP contribution in [0.2, 0.25) is 5.02 Å². The number of hydrogen-bond donors (Lipinski definition) is 1. The molecule has 9 nitrogen and oxygen atoms in total. The van der Waals surface area contributed by atoms with Gasteiger partial charge < -0.3 is 14.9 Å². The number of carbonyl (C=O) groups excluding carboxylic acids is 2. The maximum atomic E-state index is 13.4. The number of carbonyl (C=O) groups is 2. The van der Waals surface area contributed by atoms with Crippen molar-refractivity contribution in [3.8, 4) is 5.75 Å². The largest absolute Gasteiger partial charge is 0.497 e. The SMILES string of the molecule is COc1ccc2c(c1)c(CCNC(=O)c1ccc(CO[N+](=O)[O-])cc1)c(C)n2C(=O)c1ccc(Cl)cc1. The molecular weight excluding hydrogens is 498 g/mol. The first-order valence-corrected chi connectivity index (χ1v) is 11.8. The van der Waals surface area contributed by atoms with Crippen molar-refractivity contribution in [3.05, 3.63) is 110 Å². The lowest BCUT2D eigenvalue weighted by molar-refractivity contribution is -0.763. The Kier molecular flexibility index (Phi) is 7.74. The van der Waals surface area contributed by atoms with Gasteiger partial charge in [-0.15, -0.1) is 10.1 Å². The quantitative estimate of drug-likeness (QED) is 0.245. The Balaban J connectivity index is 1.54. The van der Waals surface area contributed by atoms with Gasteiger partial charge in [0.15, 0.2) is 0 Å². The Labute approximate surface area is 217 Å². The summed E-state index contributed by atoms with van der Waals surface area (Å²) < 4.78 is 7.07. The Hall–Kier alpha value is -4.37. The minimum atomic E-state index is -0.863. The molecule has 0 atom stereocenters. The number of rotatable bonds is 9. The molecular formula is C27H24ClN3O6. The van der Waals surface area contributed by atoms with E-state index in [1.807, 2.05) is 19.1 Å². The summed E-state index contributed by atoms with van der Waals surface area (Å²) in [6, 6.07) is 18.6. The molecule has 4 aromatic rings. The number of nitrogens with zero attached hydrogens (tertiary/aromatic N) is 2. The molecule has 0 bridgehead atoms. The van der Waals surface area contributed by atoms with Crippen LogP contribution in [-0.2, 0) is 17.9 Å². The molecule has 4 rings (SSSR count). The monoisotopic (exact) mass is 521 g/mol. The van der Waals surface area contributed by atoms with Crippen molar-refractivity contribution >= 4 is 34.3 Å². The molecule has 0 radical (unpaired) electrons. The van der Waals surface area contributed by atoms with Crippen molar-refractivity contribution in [3.63, 3.8) is 0 Å². The number of halogens is 1. The van der Waals surface area contributed by atoms with Gasteiger partial charge in [0, 0.05) is 33.8 Å². The standard InChI is InChI=1S/C27H24ClN3O6/c1-17-23(13-14-29-26(32)19-5-3-18(4-6-19)16-37-31(34)35)24-15-22(36-2)11-12-25(24)30(17)27(33)20-7-9-21(28)10-8-20/h3-12,15H,13-14,16H2,1-2H3,(H,29,32). The van der Waals surface area contributed by atoms with E-state index in [0.717, 1.165) is 22.2 Å². The van der Waals surface area contributed by atoms with E-state index in [2.05, 4.69) is 10.2 Å². The summed E-state index contributed by atoms with van der Waals surface area (Å²) in [5, 5.41) is 13.8. The number of hydrogen-bond acceptors (Lipinski definition) is 6. The Morgan fingerprint density at radius 1 is 1.03 bits per heavy atom. The number of benzene rings is 3. The third kappa shape index (κ3) is 5.73. The van der Waals surface area contributed by atoms with Crippen molar-refractivity contribution in [2.45, 2.75) is 20.0 Å². The summed E-state index contributed by atoms with van der Waals surface area (Å²) in [6.45, 7) is 2.02. The lowest BCUT2D eigenvalue weighted by Gasteiger charge is -2.09. The first-order chi connectivity index (χ1) is 17.8. The van der Waals surface area contributed by atoms with Crippen molar-refractivity contribution in [2.24, 2.45) is 0 Å². The van der Waals surface area contributed by atoms with E-state index in [1.54, 1.807) is 66.3 Å². The lowest BCUT2D eigenvalue weighted by atomic mass is 10.1. The number of amides is 1. The zero-order chi connectivity index (χ0) is 26.5. The van der Waals surface area contributed by atoms with Gasteiger partial charge >= 0.3 is 0 Å². The van der Waals surface area contributed by atoms with Gasteiger partial charge in [0.25, 0.3) is 16.9 Å². The van der Waals surface area contributed by atoms with Crippen LogP contribution in [-0.4, -0.2) is 35.1 Å². The van der Waals surface area contributed by atoms with Crippen LogP contribution in [0, 0.1) is 17.0 Å². The third-order valence-corrected chi connectivity index (χ3v) is 6.30. The van der Waals surface area contributed by atoms with Crippen LogP contribution in [0.4, 0.5) is 0 Å². The van der Waals surface area contributed by atoms with E-state index in [0.29, 0.717) is 40.4 Å². The Morgan fingerprint density at radius 2 is 1.70 bits per heavy atom. The first kappa shape index (κ1) is 25.7. The van der Waals surface area contributed by atoms with Crippen LogP contribution in [0.15, 0.2) is 66.7 Å². The van der Waals surface area contributed by atoms with Gasteiger partial charge in [-0.3, -0.25) is 14.2 Å². The zero-order valence-corrected chi connectivity index (χ0v) is 20.9. The fourth-order valence-corrected chi connectivity index (χ4v) is 4.30. The minimum absolute atomic E-state index is 0.180. The van der Waals surface area contributed by atoms with Crippen molar-refractivity contribution in [2.75, 3.05) is 13.7 Å². The van der Waals surface area contributed by atoms with E-state index >= 15 is 0 Å². The predicted octanol–water partition coefficient (Wildman–Crippen LogP) is 4.98. The molecule has 1 heterocycles. The molecule has 0 saturated heterocycles. The molecule has 0 spiro atoms. The van der Waals surface area contributed by atoms with Gasteiger partial charge in [0.1, 0.15) is 12.4 Å². The molecule has 190 valence electrons. The number of methoxy groups -OCH3 is 1. The van der Waals surface area contributed by atoms with E-state index in [-0.39, 0.29) is 18.4 Å². The summed E-state index contributed by atoms with van der Waals surface area (Å²) >= 11 is 5.99. The van der Waals surface area contributed by atoms with E-state index in [4.69, 9.17) is 16.3 Å². The second-order valence-electron chi connectivity index (χ2n) is 8.29. The molecule has 3 aromatic carbocycles. The fourth-order valence-electron chi connectivity index (χ4n) is 4.17. The average molecular weight is 522 g/mol. The van der Waals surface area contributed by atoms with Gasteiger partial charge in [0.05, 0.1) is 12.6 Å². The zero-order valence-electron chi connectivity index (χ0n) is 20.2. The second-order valence-corrected chi connectivity index (χ2v) is 8.73. The molecule has 37 heavy (non-hydrogen) atoms. The lowest BCUT2D eigenvalue weighted by Crippen LogP contribution is -2.26. The predicted molar refractivity (Wildman–Crippen MR) is 139 cm³/mol. The van der Waals surface area contributed by atoms with Gasteiger partial charge in [0.2, 0.25) is 0 Å². The van der Waals surface area contributed by atoms with E-state index in [1.165, 1.54) is 0 Å². The third-order valence-electron chi connectivity index (χ3n) is 6.05. The molecule has 1 aromatic heterocycles. The summed E-state index contributed by atoms with van der Waals surface area (Å²) in [5.41, 5.74) is 3.94. The summed E-state index contributed by atoms with van der Waals surface area (Å²) in [5.74, 6) is 0.203. The smallest absolute Gasteiger partial charge is 0.294 e. The summed E-state index contributed by atoms with van der Waals surface area (Å²) in [4.78, 5) is 40.7. The Morgan fingerprint density at radius 3 is 2.35 bits per heavy atom. The highest BCUT2D eigenvalue weighted by molar-refractivity contribution is 6.30. The summed E-state index contributed by atoms with van der Waals surface area (Å²) in [7, 11) is 1.58. The molecule has 0 aliphatic heterocycles. The molecule has 1 N–H and O–H groups in total. The van der Waals surface area contributed by atoms with Crippen molar-refractivity contribution in [1.82, 2.24) is 9.88 Å². The normalized spacial score (nSPS) is 10.8. The maximum absolute atomic E-state index is 13.4. The summed E-state index contributed by atoms with van der Waals surface area (Å²) in [6.07, 6.45) is 0.483. The average Bonchev–Trinajstić information content (AvgIpc) is 3.17. The topological polar surface area (TPSA) is 113 Å². The number of aromatic nitrogens is 1. The first-order valence-electron chi connectivity index (χ1n) is 11.4. The molecule has 1 amide bonds. The van der Waals surface area contributed by atoms with Crippen LogP contribution < -0.4 is 10.1 Å². The molecule has 0 aliphatic carbocycles.